The van der Waals surface area contributed by atoms with Crippen LogP contribution in [-0.2, 0) is 0 Å². The highest BCUT2D eigenvalue weighted by molar-refractivity contribution is 5.87. The Morgan fingerprint density at radius 2 is 0.532 bits per heavy atom. The van der Waals surface area contributed by atoms with Gasteiger partial charge in [-0.1, -0.05) is 140 Å². The number of para-hydroxylation sites is 2. The average molecular weight is 602 g/mol. The van der Waals surface area contributed by atoms with E-state index in [0.29, 0.717) is 0 Å². The van der Waals surface area contributed by atoms with E-state index in [1.54, 1.807) is 0 Å². The van der Waals surface area contributed by atoms with Crippen molar-refractivity contribution in [2.75, 3.05) is 4.90 Å². The molecular weight excluding hydrogens is 571 g/mol. The van der Waals surface area contributed by atoms with Crippen molar-refractivity contribution in [3.05, 3.63) is 188 Å². The molecule has 0 aliphatic heterocycles. The Hall–Kier alpha value is -6.32. The van der Waals surface area contributed by atoms with E-state index in [4.69, 9.17) is 9.97 Å². The highest BCUT2D eigenvalue weighted by Gasteiger charge is 2.16. The average Bonchev–Trinajstić information content (AvgIpc) is 3.16. The molecule has 47 heavy (non-hydrogen) atoms. The van der Waals surface area contributed by atoms with Gasteiger partial charge >= 0.3 is 0 Å². The summed E-state index contributed by atoms with van der Waals surface area (Å²) in [6.45, 7) is 0. The molecule has 0 radical (unpaired) electrons. The lowest BCUT2D eigenvalue weighted by Crippen LogP contribution is -2.10. The van der Waals surface area contributed by atoms with E-state index in [2.05, 4.69) is 150 Å². The second-order valence-electron chi connectivity index (χ2n) is 11.5. The Balaban J connectivity index is 1.21. The molecule has 8 aromatic rings. The summed E-state index contributed by atoms with van der Waals surface area (Å²) in [7, 11) is 0. The number of hydrogen-bond acceptors (Lipinski definition) is 3. The van der Waals surface area contributed by atoms with Crippen molar-refractivity contribution in [2.24, 2.45) is 0 Å². The second kappa shape index (κ2) is 12.6. The quantitative estimate of drug-likeness (QED) is 0.182. The van der Waals surface area contributed by atoms with Gasteiger partial charge in [-0.15, -0.1) is 0 Å². The van der Waals surface area contributed by atoms with Crippen molar-refractivity contribution >= 4 is 28.1 Å². The summed E-state index contributed by atoms with van der Waals surface area (Å²) in [5, 5.41) is 0. The van der Waals surface area contributed by atoms with Crippen molar-refractivity contribution in [3.63, 3.8) is 0 Å². The lowest BCUT2D eigenvalue weighted by molar-refractivity contribution is 1.27. The molecule has 0 fully saturated rings. The van der Waals surface area contributed by atoms with E-state index < -0.39 is 0 Å². The van der Waals surface area contributed by atoms with Gasteiger partial charge in [-0.2, -0.15) is 0 Å². The van der Waals surface area contributed by atoms with Crippen molar-refractivity contribution in [3.8, 4) is 44.8 Å². The van der Waals surface area contributed by atoms with Gasteiger partial charge in [0.1, 0.15) is 0 Å². The van der Waals surface area contributed by atoms with Crippen LogP contribution in [0.3, 0.4) is 0 Å². The third-order valence-electron chi connectivity index (χ3n) is 8.48. The van der Waals surface area contributed by atoms with Gasteiger partial charge in [-0.3, -0.25) is 0 Å². The molecule has 0 saturated heterocycles. The van der Waals surface area contributed by atoms with Crippen LogP contribution in [0.2, 0.25) is 0 Å². The molecule has 0 saturated carbocycles. The van der Waals surface area contributed by atoms with Gasteiger partial charge < -0.3 is 4.90 Å². The van der Waals surface area contributed by atoms with Gasteiger partial charge in [-0.25, -0.2) is 9.97 Å². The minimum Gasteiger partial charge on any atom is -0.311 e. The summed E-state index contributed by atoms with van der Waals surface area (Å²) >= 11 is 0. The molecule has 3 nitrogen and oxygen atoms in total. The Bertz CT molecular complexity index is 2160. The lowest BCUT2D eigenvalue weighted by Gasteiger charge is -2.26. The Kier molecular flexibility index (Phi) is 7.54. The monoisotopic (exact) mass is 601 g/mol. The zero-order valence-corrected chi connectivity index (χ0v) is 25.7. The third-order valence-corrected chi connectivity index (χ3v) is 8.48. The van der Waals surface area contributed by atoms with Crippen LogP contribution in [-0.4, -0.2) is 9.97 Å². The molecule has 1 aromatic heterocycles. The summed E-state index contributed by atoms with van der Waals surface area (Å²) in [6.07, 6.45) is 0. The molecule has 0 atom stereocenters. The van der Waals surface area contributed by atoms with Crippen LogP contribution in [0, 0.1) is 0 Å². The fraction of sp³-hybridized carbons (Fsp3) is 0. The van der Waals surface area contributed by atoms with Crippen LogP contribution in [0.25, 0.3) is 55.8 Å². The van der Waals surface area contributed by atoms with Crippen molar-refractivity contribution in [2.45, 2.75) is 0 Å². The molecule has 8 rings (SSSR count). The first-order valence-electron chi connectivity index (χ1n) is 15.8. The molecule has 0 spiro atoms. The number of anilines is 3. The van der Waals surface area contributed by atoms with Crippen molar-refractivity contribution in [1.82, 2.24) is 9.97 Å². The summed E-state index contributed by atoms with van der Waals surface area (Å²) < 4.78 is 0. The maximum Gasteiger partial charge on any atom is 0.0973 e. The summed E-state index contributed by atoms with van der Waals surface area (Å²) in [5.74, 6) is 0. The number of aromatic nitrogens is 2. The molecule has 0 bridgehead atoms. The van der Waals surface area contributed by atoms with E-state index >= 15 is 0 Å². The van der Waals surface area contributed by atoms with Crippen LogP contribution in [0.15, 0.2) is 188 Å². The first-order chi connectivity index (χ1) is 23.3. The third kappa shape index (κ3) is 5.79. The molecule has 0 amide bonds. The number of rotatable bonds is 7. The second-order valence-corrected chi connectivity index (χ2v) is 11.5. The van der Waals surface area contributed by atoms with E-state index in [1.807, 2.05) is 42.5 Å². The van der Waals surface area contributed by atoms with Crippen molar-refractivity contribution in [1.29, 1.82) is 0 Å². The molecule has 222 valence electrons. The Morgan fingerprint density at radius 3 is 0.915 bits per heavy atom. The molecule has 1 heterocycles. The van der Waals surface area contributed by atoms with Crippen molar-refractivity contribution < 1.29 is 0 Å². The maximum atomic E-state index is 5.11. The number of hydrogen-bond donors (Lipinski definition) is 0. The molecule has 0 unspecified atom stereocenters. The van der Waals surface area contributed by atoms with E-state index in [1.165, 1.54) is 22.3 Å². The van der Waals surface area contributed by atoms with Crippen LogP contribution in [0.5, 0.6) is 0 Å². The lowest BCUT2D eigenvalue weighted by atomic mass is 10.0. The molecule has 7 aromatic carbocycles. The van der Waals surface area contributed by atoms with Gasteiger partial charge in [0.05, 0.1) is 22.4 Å². The van der Waals surface area contributed by atoms with Gasteiger partial charge in [-0.05, 0) is 70.8 Å². The van der Waals surface area contributed by atoms with Crippen LogP contribution >= 0.6 is 0 Å². The van der Waals surface area contributed by atoms with Gasteiger partial charge in [0.15, 0.2) is 0 Å². The van der Waals surface area contributed by atoms with Crippen LogP contribution < -0.4 is 4.90 Å². The zero-order valence-electron chi connectivity index (χ0n) is 25.7. The Morgan fingerprint density at radius 1 is 0.255 bits per heavy atom. The first-order valence-corrected chi connectivity index (χ1v) is 15.8. The smallest absolute Gasteiger partial charge is 0.0973 e. The molecular formula is C44H31N3. The predicted molar refractivity (Wildman–Crippen MR) is 196 cm³/mol. The molecule has 0 aliphatic carbocycles. The number of benzene rings is 7. The fourth-order valence-electron chi connectivity index (χ4n) is 6.08. The topological polar surface area (TPSA) is 29.0 Å². The normalized spacial score (nSPS) is 11.0. The minimum absolute atomic E-state index is 0.868. The van der Waals surface area contributed by atoms with Gasteiger partial charge in [0.2, 0.25) is 0 Å². The van der Waals surface area contributed by atoms with Crippen LogP contribution in [0.1, 0.15) is 0 Å². The fourth-order valence-corrected chi connectivity index (χ4v) is 6.08. The zero-order chi connectivity index (χ0) is 31.4. The number of fused-ring (bicyclic) bond motifs is 1. The van der Waals surface area contributed by atoms with E-state index in [-0.39, 0.29) is 0 Å². The van der Waals surface area contributed by atoms with Gasteiger partial charge in [0.25, 0.3) is 0 Å². The summed E-state index contributed by atoms with van der Waals surface area (Å²) in [6, 6.07) is 65.6. The summed E-state index contributed by atoms with van der Waals surface area (Å²) in [5.41, 5.74) is 13.6. The molecule has 0 N–H and O–H groups in total. The SMILES string of the molecule is c1ccc(-c2ccc(N(c3ccc(-c4ccccc4)cc3)c3ccc(-c4nc5ccccc5nc4-c4ccccc4)cc3)cc2)cc1. The largest absolute Gasteiger partial charge is 0.311 e. The summed E-state index contributed by atoms with van der Waals surface area (Å²) in [4.78, 5) is 12.5. The van der Waals surface area contributed by atoms with E-state index in [9.17, 15) is 0 Å². The highest BCUT2D eigenvalue weighted by Crippen LogP contribution is 2.38. The Labute approximate surface area is 275 Å². The predicted octanol–water partition coefficient (Wildman–Crippen LogP) is 11.8. The first kappa shape index (κ1) is 28.2. The molecule has 0 aliphatic rings. The standard InChI is InChI=1S/C44H31N3/c1-4-12-32(13-5-1)34-20-26-38(27-21-34)47(39-28-22-35(23-29-39)33-14-6-2-7-15-33)40-30-24-37(25-31-40)44-43(36-16-8-3-9-17-36)45-41-18-10-11-19-42(41)46-44/h1-31H. The van der Waals surface area contributed by atoms with Gasteiger partial charge in [0, 0.05) is 28.2 Å². The number of nitrogens with zero attached hydrogens (tertiary/aromatic N) is 3. The maximum absolute atomic E-state index is 5.11. The minimum atomic E-state index is 0.868. The van der Waals surface area contributed by atoms with Crippen LogP contribution in [0.4, 0.5) is 17.1 Å². The highest BCUT2D eigenvalue weighted by atomic mass is 15.1. The van der Waals surface area contributed by atoms with E-state index in [0.717, 1.165) is 50.6 Å². The molecule has 3 heteroatoms.